The molecule has 0 aliphatic carbocycles. The van der Waals surface area contributed by atoms with Crippen molar-refractivity contribution in [3.05, 3.63) is 59.7 Å². The molecule has 132 valence electrons. The minimum absolute atomic E-state index is 0.0543. The number of amides is 1. The van der Waals surface area contributed by atoms with E-state index >= 15 is 0 Å². The molecule has 1 N–H and O–H groups in total. The van der Waals surface area contributed by atoms with Gasteiger partial charge < -0.3 is 9.47 Å². The first-order chi connectivity index (χ1) is 12.1. The van der Waals surface area contributed by atoms with E-state index in [2.05, 4.69) is 22.2 Å². The van der Waals surface area contributed by atoms with Crippen LogP contribution in [0.2, 0.25) is 0 Å². The van der Waals surface area contributed by atoms with Gasteiger partial charge in [0.25, 0.3) is 5.91 Å². The average Bonchev–Trinajstić information content (AvgIpc) is 2.61. The van der Waals surface area contributed by atoms with E-state index in [-0.39, 0.29) is 12.4 Å². The van der Waals surface area contributed by atoms with Crippen LogP contribution >= 0.6 is 0 Å². The molecule has 0 aliphatic rings. The van der Waals surface area contributed by atoms with Crippen molar-refractivity contribution in [3.63, 3.8) is 0 Å². The van der Waals surface area contributed by atoms with Crippen LogP contribution in [0.4, 0.5) is 8.78 Å². The average molecular weight is 348 g/mol. The molecule has 0 spiro atoms. The molecule has 25 heavy (non-hydrogen) atoms. The van der Waals surface area contributed by atoms with Crippen molar-refractivity contribution in [2.45, 2.75) is 20.0 Å². The third-order valence-corrected chi connectivity index (χ3v) is 3.21. The van der Waals surface area contributed by atoms with Gasteiger partial charge in [-0.2, -0.15) is 13.9 Å². The highest BCUT2D eigenvalue weighted by molar-refractivity contribution is 5.83. The summed E-state index contributed by atoms with van der Waals surface area (Å²) in [6.07, 6.45) is 2.32. The van der Waals surface area contributed by atoms with Crippen LogP contribution in [-0.4, -0.2) is 25.3 Å². The highest BCUT2D eigenvalue weighted by Gasteiger charge is 2.03. The molecule has 0 bridgehead atoms. The lowest BCUT2D eigenvalue weighted by molar-refractivity contribution is -0.123. The molecule has 2 rings (SSSR count). The lowest BCUT2D eigenvalue weighted by Gasteiger charge is -2.05. The summed E-state index contributed by atoms with van der Waals surface area (Å²) in [4.78, 5) is 11.7. The minimum Gasteiger partial charge on any atom is -0.484 e. The van der Waals surface area contributed by atoms with Gasteiger partial charge in [-0.05, 0) is 53.9 Å². The lowest BCUT2D eigenvalue weighted by atomic mass is 10.2. The standard InChI is InChI=1S/C18H18F2N2O3/c1-2-13-3-7-15(8-4-13)24-12-17(23)22-21-11-14-5-9-16(10-6-14)25-18(19)20/h3-11,18H,2,12H2,1H3,(H,22,23)/b21-11-. The number of carbonyl (C=O) groups excluding carboxylic acids is 1. The Balaban J connectivity index is 1.75. The van der Waals surface area contributed by atoms with Crippen LogP contribution in [0.1, 0.15) is 18.1 Å². The van der Waals surface area contributed by atoms with Gasteiger partial charge in [0.05, 0.1) is 6.21 Å². The Morgan fingerprint density at radius 2 is 1.76 bits per heavy atom. The smallest absolute Gasteiger partial charge is 0.387 e. The summed E-state index contributed by atoms with van der Waals surface area (Å²) in [5.41, 5.74) is 4.13. The lowest BCUT2D eigenvalue weighted by Crippen LogP contribution is -2.24. The number of nitrogens with one attached hydrogen (secondary N) is 1. The van der Waals surface area contributed by atoms with Crippen molar-refractivity contribution in [2.24, 2.45) is 5.10 Å². The predicted octanol–water partition coefficient (Wildman–Crippen LogP) is 3.38. The van der Waals surface area contributed by atoms with E-state index in [0.717, 1.165) is 6.42 Å². The Morgan fingerprint density at radius 3 is 2.36 bits per heavy atom. The fraction of sp³-hybridized carbons (Fsp3) is 0.222. The molecule has 0 saturated heterocycles. The molecule has 2 aromatic rings. The summed E-state index contributed by atoms with van der Waals surface area (Å²) >= 11 is 0. The fourth-order valence-electron chi connectivity index (χ4n) is 1.92. The van der Waals surface area contributed by atoms with Gasteiger partial charge in [-0.15, -0.1) is 0 Å². The maximum Gasteiger partial charge on any atom is 0.387 e. The molecule has 0 radical (unpaired) electrons. The van der Waals surface area contributed by atoms with Crippen molar-refractivity contribution in [2.75, 3.05) is 6.61 Å². The second-order valence-corrected chi connectivity index (χ2v) is 5.03. The molecule has 0 saturated carbocycles. The van der Waals surface area contributed by atoms with Crippen LogP contribution in [0.5, 0.6) is 11.5 Å². The number of aryl methyl sites for hydroxylation is 1. The number of nitrogens with zero attached hydrogens (tertiary/aromatic N) is 1. The Bertz CT molecular complexity index is 701. The van der Waals surface area contributed by atoms with Gasteiger partial charge in [-0.3, -0.25) is 4.79 Å². The zero-order valence-electron chi connectivity index (χ0n) is 13.6. The number of hydrazone groups is 1. The summed E-state index contributed by atoms with van der Waals surface area (Å²) in [5, 5.41) is 3.78. The molecule has 0 atom stereocenters. The van der Waals surface area contributed by atoms with E-state index in [1.807, 2.05) is 12.1 Å². The van der Waals surface area contributed by atoms with Gasteiger partial charge in [0.2, 0.25) is 0 Å². The normalized spacial score (nSPS) is 10.9. The summed E-state index contributed by atoms with van der Waals surface area (Å²) in [7, 11) is 0. The zero-order valence-corrected chi connectivity index (χ0v) is 13.6. The second-order valence-electron chi connectivity index (χ2n) is 5.03. The third-order valence-electron chi connectivity index (χ3n) is 3.21. The molecular weight excluding hydrogens is 330 g/mol. The number of halogens is 2. The Morgan fingerprint density at radius 1 is 1.12 bits per heavy atom. The number of rotatable bonds is 8. The number of hydrogen-bond acceptors (Lipinski definition) is 4. The molecule has 0 fully saturated rings. The summed E-state index contributed by atoms with van der Waals surface area (Å²) < 4.78 is 33.7. The van der Waals surface area contributed by atoms with Crippen molar-refractivity contribution < 1.29 is 23.0 Å². The van der Waals surface area contributed by atoms with Crippen molar-refractivity contribution in [1.82, 2.24) is 5.43 Å². The largest absolute Gasteiger partial charge is 0.484 e. The van der Waals surface area contributed by atoms with Crippen LogP contribution < -0.4 is 14.9 Å². The second kappa shape index (κ2) is 9.36. The fourth-order valence-corrected chi connectivity index (χ4v) is 1.92. The van der Waals surface area contributed by atoms with E-state index in [1.165, 1.54) is 23.9 Å². The molecule has 0 aliphatic heterocycles. The van der Waals surface area contributed by atoms with E-state index in [1.54, 1.807) is 24.3 Å². The van der Waals surface area contributed by atoms with Crippen molar-refractivity contribution in [1.29, 1.82) is 0 Å². The first-order valence-electron chi connectivity index (χ1n) is 7.65. The van der Waals surface area contributed by atoms with Gasteiger partial charge in [-0.25, -0.2) is 5.43 Å². The number of alkyl halides is 2. The first-order valence-corrected chi connectivity index (χ1v) is 7.65. The van der Waals surface area contributed by atoms with Crippen molar-refractivity contribution >= 4 is 12.1 Å². The summed E-state index contributed by atoms with van der Waals surface area (Å²) in [6, 6.07) is 13.3. The third kappa shape index (κ3) is 6.58. The monoisotopic (exact) mass is 348 g/mol. The minimum atomic E-state index is -2.86. The molecule has 0 heterocycles. The summed E-state index contributed by atoms with van der Waals surface area (Å²) in [6.45, 7) is -0.970. The van der Waals surface area contributed by atoms with Gasteiger partial charge >= 0.3 is 6.61 Å². The number of ether oxygens (including phenoxy) is 2. The molecule has 0 unspecified atom stereocenters. The number of benzene rings is 2. The Hall–Kier alpha value is -2.96. The van der Waals surface area contributed by atoms with Crippen LogP contribution in [0.25, 0.3) is 0 Å². The maximum atomic E-state index is 12.0. The van der Waals surface area contributed by atoms with Crippen LogP contribution in [0.15, 0.2) is 53.6 Å². The SMILES string of the molecule is CCc1ccc(OCC(=O)N/N=C\c2ccc(OC(F)F)cc2)cc1. The van der Waals surface area contributed by atoms with Gasteiger partial charge in [0.15, 0.2) is 6.61 Å². The molecule has 1 amide bonds. The maximum absolute atomic E-state index is 12.0. The number of carbonyl (C=O) groups is 1. The Kier molecular flexibility index (Phi) is 6.88. The van der Waals surface area contributed by atoms with Gasteiger partial charge in [-0.1, -0.05) is 19.1 Å². The van der Waals surface area contributed by atoms with Gasteiger partial charge in [0.1, 0.15) is 11.5 Å². The number of hydrogen-bond donors (Lipinski definition) is 1. The highest BCUT2D eigenvalue weighted by Crippen LogP contribution is 2.14. The molecule has 2 aromatic carbocycles. The first kappa shape index (κ1) is 18.4. The van der Waals surface area contributed by atoms with E-state index < -0.39 is 12.5 Å². The Labute approximate surface area is 144 Å². The zero-order chi connectivity index (χ0) is 18.1. The van der Waals surface area contributed by atoms with E-state index in [9.17, 15) is 13.6 Å². The summed E-state index contributed by atoms with van der Waals surface area (Å²) in [5.74, 6) is 0.248. The van der Waals surface area contributed by atoms with Crippen molar-refractivity contribution in [3.8, 4) is 11.5 Å². The quantitative estimate of drug-likeness (QED) is 0.588. The van der Waals surface area contributed by atoms with Gasteiger partial charge in [0, 0.05) is 0 Å². The van der Waals surface area contributed by atoms with E-state index in [0.29, 0.717) is 11.3 Å². The van der Waals surface area contributed by atoms with Crippen LogP contribution in [-0.2, 0) is 11.2 Å². The molecule has 5 nitrogen and oxygen atoms in total. The highest BCUT2D eigenvalue weighted by atomic mass is 19.3. The molecule has 7 heteroatoms. The molecule has 0 aromatic heterocycles. The van der Waals surface area contributed by atoms with E-state index in [4.69, 9.17) is 4.74 Å². The predicted molar refractivity (Wildman–Crippen MR) is 90.1 cm³/mol. The van der Waals surface area contributed by atoms with Crippen LogP contribution in [0.3, 0.4) is 0 Å². The topological polar surface area (TPSA) is 59.9 Å². The van der Waals surface area contributed by atoms with Crippen LogP contribution in [0, 0.1) is 0 Å². The molecular formula is C18H18F2N2O3.